The van der Waals surface area contributed by atoms with Crippen molar-refractivity contribution >= 4 is 28.9 Å². The summed E-state index contributed by atoms with van der Waals surface area (Å²) in [7, 11) is 1.63. The highest BCUT2D eigenvalue weighted by Crippen LogP contribution is 2.38. The highest BCUT2D eigenvalue weighted by atomic mass is 35.5. The van der Waals surface area contributed by atoms with Gasteiger partial charge in [0.05, 0.1) is 36.0 Å². The number of benzene rings is 2. The first-order valence-corrected chi connectivity index (χ1v) is 11.0. The van der Waals surface area contributed by atoms with Crippen molar-refractivity contribution in [2.75, 3.05) is 12.0 Å². The Morgan fingerprint density at radius 3 is 2.47 bits per heavy atom. The van der Waals surface area contributed by atoms with Gasteiger partial charge in [-0.15, -0.1) is 0 Å². The van der Waals surface area contributed by atoms with Crippen LogP contribution < -0.4 is 14.4 Å². The second-order valence-corrected chi connectivity index (χ2v) is 8.14. The molecule has 6 nitrogen and oxygen atoms in total. The van der Waals surface area contributed by atoms with Crippen molar-refractivity contribution in [3.63, 3.8) is 0 Å². The summed E-state index contributed by atoms with van der Waals surface area (Å²) in [5.41, 5.74) is 2.62. The standard InChI is InChI=1S/C25H25ClN2O4/c1-31-23-13-12-19(15-24(23)32-20-5-2-3-6-20)28(16-22-21(26)7-4-14-27-22)18-10-8-17(9-11-18)25(29)30/h4,7-15,20H,2-3,5-6,16H2,1H3,(H,29,30). The molecular formula is C25H25ClN2O4. The van der Waals surface area contributed by atoms with E-state index in [0.717, 1.165) is 24.2 Å². The minimum atomic E-state index is -0.965. The van der Waals surface area contributed by atoms with Crippen LogP contribution in [0.15, 0.2) is 60.8 Å². The molecule has 1 fully saturated rings. The first-order chi connectivity index (χ1) is 15.5. The first kappa shape index (κ1) is 22.0. The number of pyridine rings is 1. The number of carbonyl (C=O) groups is 1. The number of carboxylic acid groups (broad SMARTS) is 1. The smallest absolute Gasteiger partial charge is 0.335 e. The molecule has 32 heavy (non-hydrogen) atoms. The molecule has 7 heteroatoms. The van der Waals surface area contributed by atoms with Gasteiger partial charge in [0.2, 0.25) is 0 Å². The number of carboxylic acids is 1. The summed E-state index contributed by atoms with van der Waals surface area (Å²) in [5.74, 6) is 0.404. The number of methoxy groups -OCH3 is 1. The van der Waals surface area contributed by atoms with Crippen LogP contribution in [-0.2, 0) is 6.54 Å². The molecule has 1 aliphatic rings. The largest absolute Gasteiger partial charge is 0.493 e. The number of nitrogens with zero attached hydrogens (tertiary/aromatic N) is 2. The zero-order valence-electron chi connectivity index (χ0n) is 17.8. The Hall–Kier alpha value is -3.25. The molecular weight excluding hydrogens is 428 g/mol. The Morgan fingerprint density at radius 1 is 1.09 bits per heavy atom. The van der Waals surface area contributed by atoms with E-state index in [0.29, 0.717) is 28.8 Å². The normalized spacial score (nSPS) is 13.7. The van der Waals surface area contributed by atoms with Crippen molar-refractivity contribution in [2.45, 2.75) is 38.3 Å². The van der Waals surface area contributed by atoms with Crippen LogP contribution >= 0.6 is 11.6 Å². The number of hydrogen-bond donors (Lipinski definition) is 1. The number of aromatic nitrogens is 1. The molecule has 1 saturated carbocycles. The number of rotatable bonds is 8. The second-order valence-electron chi connectivity index (χ2n) is 7.73. The molecule has 4 rings (SSSR count). The lowest BCUT2D eigenvalue weighted by Gasteiger charge is -2.27. The van der Waals surface area contributed by atoms with E-state index in [2.05, 4.69) is 4.98 Å². The summed E-state index contributed by atoms with van der Waals surface area (Å²) in [6.07, 6.45) is 6.32. The first-order valence-electron chi connectivity index (χ1n) is 10.6. The number of aromatic carboxylic acids is 1. The number of halogens is 1. The molecule has 1 aliphatic carbocycles. The Kier molecular flexibility index (Phi) is 6.81. The van der Waals surface area contributed by atoms with Gasteiger partial charge in [-0.05, 0) is 74.2 Å². The van der Waals surface area contributed by atoms with Crippen LogP contribution in [0.3, 0.4) is 0 Å². The van der Waals surface area contributed by atoms with Crippen LogP contribution in [0.25, 0.3) is 0 Å². The Bertz CT molecular complexity index is 1080. The van der Waals surface area contributed by atoms with E-state index in [1.54, 1.807) is 49.7 Å². The predicted octanol–water partition coefficient (Wildman–Crippen LogP) is 6.10. The minimum absolute atomic E-state index is 0.188. The fourth-order valence-corrected chi connectivity index (χ4v) is 4.09. The summed E-state index contributed by atoms with van der Waals surface area (Å²) in [4.78, 5) is 17.8. The van der Waals surface area contributed by atoms with Crippen molar-refractivity contribution in [1.82, 2.24) is 4.98 Å². The van der Waals surface area contributed by atoms with Gasteiger partial charge in [0.15, 0.2) is 11.5 Å². The van der Waals surface area contributed by atoms with Crippen molar-refractivity contribution in [2.24, 2.45) is 0 Å². The van der Waals surface area contributed by atoms with E-state index in [1.807, 2.05) is 23.1 Å². The Balaban J connectivity index is 1.73. The summed E-state index contributed by atoms with van der Waals surface area (Å²) in [6, 6.07) is 16.1. The quantitative estimate of drug-likeness (QED) is 0.445. The fourth-order valence-electron chi connectivity index (χ4n) is 3.91. The van der Waals surface area contributed by atoms with Gasteiger partial charge in [0.25, 0.3) is 0 Å². The van der Waals surface area contributed by atoms with Gasteiger partial charge in [0.1, 0.15) is 0 Å². The van der Waals surface area contributed by atoms with E-state index in [4.69, 9.17) is 21.1 Å². The fraction of sp³-hybridized carbons (Fsp3) is 0.280. The monoisotopic (exact) mass is 452 g/mol. The molecule has 1 aromatic heterocycles. The lowest BCUT2D eigenvalue weighted by molar-refractivity contribution is 0.0697. The maximum absolute atomic E-state index is 11.3. The second kappa shape index (κ2) is 9.92. The third-order valence-electron chi connectivity index (χ3n) is 5.62. The van der Waals surface area contributed by atoms with Crippen LogP contribution in [0, 0.1) is 0 Å². The summed E-state index contributed by atoms with van der Waals surface area (Å²) in [6.45, 7) is 0.404. The molecule has 1 N–H and O–H groups in total. The van der Waals surface area contributed by atoms with Gasteiger partial charge >= 0.3 is 5.97 Å². The molecule has 3 aromatic rings. The average molecular weight is 453 g/mol. The maximum atomic E-state index is 11.3. The number of hydrogen-bond acceptors (Lipinski definition) is 5. The molecule has 0 aliphatic heterocycles. The molecule has 0 atom stereocenters. The molecule has 0 unspecified atom stereocenters. The lowest BCUT2D eigenvalue weighted by Crippen LogP contribution is -2.18. The molecule has 0 spiro atoms. The van der Waals surface area contributed by atoms with Crippen LogP contribution in [0.5, 0.6) is 11.5 Å². The number of anilines is 2. The highest BCUT2D eigenvalue weighted by molar-refractivity contribution is 6.31. The SMILES string of the molecule is COc1ccc(N(Cc2ncccc2Cl)c2ccc(C(=O)O)cc2)cc1OC1CCCC1. The Labute approximate surface area is 192 Å². The van der Waals surface area contributed by atoms with Crippen molar-refractivity contribution < 1.29 is 19.4 Å². The molecule has 0 bridgehead atoms. The minimum Gasteiger partial charge on any atom is -0.493 e. The lowest BCUT2D eigenvalue weighted by atomic mass is 10.1. The van der Waals surface area contributed by atoms with E-state index in [1.165, 1.54) is 12.8 Å². The van der Waals surface area contributed by atoms with Gasteiger partial charge in [-0.25, -0.2) is 4.79 Å². The summed E-state index contributed by atoms with van der Waals surface area (Å²) < 4.78 is 11.8. The highest BCUT2D eigenvalue weighted by Gasteiger charge is 2.21. The van der Waals surface area contributed by atoms with Crippen LogP contribution in [-0.4, -0.2) is 29.3 Å². The van der Waals surface area contributed by atoms with Crippen molar-refractivity contribution in [1.29, 1.82) is 0 Å². The third-order valence-corrected chi connectivity index (χ3v) is 5.97. The number of ether oxygens (including phenoxy) is 2. The van der Waals surface area contributed by atoms with Gasteiger partial charge in [0, 0.05) is 23.6 Å². The van der Waals surface area contributed by atoms with Gasteiger partial charge in [-0.3, -0.25) is 4.98 Å². The van der Waals surface area contributed by atoms with Crippen molar-refractivity contribution in [3.8, 4) is 11.5 Å². The van der Waals surface area contributed by atoms with Gasteiger partial charge < -0.3 is 19.5 Å². The summed E-state index contributed by atoms with van der Waals surface area (Å²) in [5, 5.41) is 9.83. The van der Waals surface area contributed by atoms with Gasteiger partial charge in [-0.2, -0.15) is 0 Å². The van der Waals surface area contributed by atoms with Crippen LogP contribution in [0.1, 0.15) is 41.7 Å². The van der Waals surface area contributed by atoms with E-state index < -0.39 is 5.97 Å². The van der Waals surface area contributed by atoms with E-state index >= 15 is 0 Å². The maximum Gasteiger partial charge on any atom is 0.335 e. The average Bonchev–Trinajstić information content (AvgIpc) is 3.32. The van der Waals surface area contributed by atoms with E-state index in [-0.39, 0.29) is 11.7 Å². The molecule has 2 aromatic carbocycles. The predicted molar refractivity (Wildman–Crippen MR) is 124 cm³/mol. The van der Waals surface area contributed by atoms with Crippen molar-refractivity contribution in [3.05, 3.63) is 77.1 Å². The van der Waals surface area contributed by atoms with Crippen LogP contribution in [0.2, 0.25) is 5.02 Å². The Morgan fingerprint density at radius 2 is 1.81 bits per heavy atom. The topological polar surface area (TPSA) is 71.9 Å². The zero-order chi connectivity index (χ0) is 22.5. The third kappa shape index (κ3) is 4.97. The van der Waals surface area contributed by atoms with Crippen LogP contribution in [0.4, 0.5) is 11.4 Å². The molecule has 0 saturated heterocycles. The molecule has 1 heterocycles. The van der Waals surface area contributed by atoms with E-state index in [9.17, 15) is 9.90 Å². The van der Waals surface area contributed by atoms with Gasteiger partial charge in [-0.1, -0.05) is 11.6 Å². The molecule has 166 valence electrons. The molecule has 0 radical (unpaired) electrons. The zero-order valence-corrected chi connectivity index (χ0v) is 18.6. The summed E-state index contributed by atoms with van der Waals surface area (Å²) >= 11 is 6.39. The molecule has 0 amide bonds.